The van der Waals surface area contributed by atoms with Gasteiger partial charge in [0.25, 0.3) is 0 Å². The average molecular weight is 318 g/mol. The summed E-state index contributed by atoms with van der Waals surface area (Å²) in [5, 5.41) is 0. The van der Waals surface area contributed by atoms with E-state index in [1.165, 1.54) is 12.7 Å². The molecule has 0 radical (unpaired) electrons. The molecule has 2 heterocycles. The molecule has 0 aromatic rings. The van der Waals surface area contributed by atoms with Crippen molar-refractivity contribution in [1.29, 1.82) is 0 Å². The van der Waals surface area contributed by atoms with Crippen LogP contribution in [0.1, 0.15) is 19.3 Å². The van der Waals surface area contributed by atoms with Crippen molar-refractivity contribution < 1.29 is 8.42 Å². The molecule has 1 atom stereocenters. The Bertz CT molecular complexity index is 415. The summed E-state index contributed by atoms with van der Waals surface area (Å²) in [6.07, 6.45) is 4.65. The molecule has 0 aromatic carbocycles. The molecular weight excluding hydrogens is 288 g/mol. The van der Waals surface area contributed by atoms with Crippen molar-refractivity contribution >= 4 is 10.0 Å². The molecule has 0 aromatic heterocycles. The van der Waals surface area contributed by atoms with Gasteiger partial charge in [-0.3, -0.25) is 0 Å². The summed E-state index contributed by atoms with van der Waals surface area (Å²) >= 11 is 0. The van der Waals surface area contributed by atoms with E-state index in [0.717, 1.165) is 58.7 Å². The Morgan fingerprint density at radius 2 is 1.76 bits per heavy atom. The van der Waals surface area contributed by atoms with E-state index < -0.39 is 10.0 Å². The Kier molecular flexibility index (Phi) is 6.43. The monoisotopic (exact) mass is 318 g/mol. The predicted octanol–water partition coefficient (Wildman–Crippen LogP) is -0.376. The van der Waals surface area contributed by atoms with Crippen LogP contribution in [-0.2, 0) is 10.0 Å². The summed E-state index contributed by atoms with van der Waals surface area (Å²) in [6.45, 7) is 8.55. The highest BCUT2D eigenvalue weighted by Gasteiger charge is 2.27. The van der Waals surface area contributed by atoms with E-state index >= 15 is 0 Å². The maximum absolute atomic E-state index is 11.7. The quantitative estimate of drug-likeness (QED) is 0.749. The van der Waals surface area contributed by atoms with Gasteiger partial charge in [0.2, 0.25) is 10.0 Å². The van der Waals surface area contributed by atoms with E-state index in [1.807, 2.05) is 0 Å². The molecule has 0 aliphatic carbocycles. The van der Waals surface area contributed by atoms with E-state index in [0.29, 0.717) is 19.0 Å². The number of nitrogens with zero attached hydrogens (tertiary/aromatic N) is 3. The standard InChI is InChI=1S/C14H30N4O2S/c1-21(19,20)18-8-2-4-14(13-18)12-17-7-3-6-16(9-5-15)10-11-17/h14H,2-13,15H2,1H3. The highest BCUT2D eigenvalue weighted by atomic mass is 32.2. The first-order chi connectivity index (χ1) is 9.99. The number of hydrogen-bond acceptors (Lipinski definition) is 5. The van der Waals surface area contributed by atoms with E-state index in [1.54, 1.807) is 4.31 Å². The Morgan fingerprint density at radius 1 is 1.05 bits per heavy atom. The predicted molar refractivity (Wildman–Crippen MR) is 85.7 cm³/mol. The maximum Gasteiger partial charge on any atom is 0.211 e. The third-order valence-corrected chi connectivity index (χ3v) is 5.86. The number of nitrogens with two attached hydrogens (primary N) is 1. The lowest BCUT2D eigenvalue weighted by Gasteiger charge is -2.34. The lowest BCUT2D eigenvalue weighted by atomic mass is 9.99. The average Bonchev–Trinajstić information content (AvgIpc) is 2.64. The summed E-state index contributed by atoms with van der Waals surface area (Å²) in [5.74, 6) is 0.481. The lowest BCUT2D eigenvalue weighted by molar-refractivity contribution is 0.180. The molecule has 7 heteroatoms. The van der Waals surface area contributed by atoms with Crippen LogP contribution in [0.3, 0.4) is 0 Å². The normalized spacial score (nSPS) is 27.6. The fourth-order valence-electron chi connectivity index (χ4n) is 3.46. The highest BCUT2D eigenvalue weighted by molar-refractivity contribution is 7.88. The van der Waals surface area contributed by atoms with Gasteiger partial charge >= 0.3 is 0 Å². The van der Waals surface area contributed by atoms with Crippen molar-refractivity contribution in [2.45, 2.75) is 19.3 Å². The number of rotatable bonds is 5. The molecule has 6 nitrogen and oxygen atoms in total. The Hall–Kier alpha value is -0.210. The van der Waals surface area contributed by atoms with E-state index in [2.05, 4.69) is 9.80 Å². The molecule has 0 bridgehead atoms. The van der Waals surface area contributed by atoms with Crippen LogP contribution in [0.25, 0.3) is 0 Å². The van der Waals surface area contributed by atoms with E-state index in [9.17, 15) is 8.42 Å². The summed E-state index contributed by atoms with van der Waals surface area (Å²) in [7, 11) is -3.03. The van der Waals surface area contributed by atoms with E-state index in [-0.39, 0.29) is 0 Å². The zero-order valence-corrected chi connectivity index (χ0v) is 14.0. The van der Waals surface area contributed by atoms with Crippen molar-refractivity contribution in [2.24, 2.45) is 11.7 Å². The van der Waals surface area contributed by atoms with Gasteiger partial charge in [-0.05, 0) is 38.3 Å². The second kappa shape index (κ2) is 7.87. The Labute approximate surface area is 129 Å². The summed E-state index contributed by atoms with van der Waals surface area (Å²) < 4.78 is 25.0. The van der Waals surface area contributed by atoms with Crippen LogP contribution in [0, 0.1) is 5.92 Å². The van der Waals surface area contributed by atoms with Gasteiger partial charge in [-0.1, -0.05) is 0 Å². The first-order valence-corrected chi connectivity index (χ1v) is 9.94. The zero-order chi connectivity index (χ0) is 15.3. The van der Waals surface area contributed by atoms with Crippen molar-refractivity contribution in [1.82, 2.24) is 14.1 Å². The number of sulfonamides is 1. The molecule has 2 rings (SSSR count). The highest BCUT2D eigenvalue weighted by Crippen LogP contribution is 2.20. The fourth-order valence-corrected chi connectivity index (χ4v) is 4.40. The Morgan fingerprint density at radius 3 is 2.48 bits per heavy atom. The molecule has 2 aliphatic heterocycles. The summed E-state index contributed by atoms with van der Waals surface area (Å²) in [6, 6.07) is 0. The molecule has 0 amide bonds. The molecule has 1 unspecified atom stereocenters. The largest absolute Gasteiger partial charge is 0.329 e. The van der Waals surface area contributed by atoms with Crippen LogP contribution in [0.4, 0.5) is 0 Å². The molecule has 21 heavy (non-hydrogen) atoms. The lowest BCUT2D eigenvalue weighted by Crippen LogP contribution is -2.44. The third kappa shape index (κ3) is 5.49. The third-order valence-electron chi connectivity index (χ3n) is 4.59. The van der Waals surface area contributed by atoms with Gasteiger partial charge in [-0.15, -0.1) is 0 Å². The zero-order valence-electron chi connectivity index (χ0n) is 13.2. The minimum atomic E-state index is -3.03. The summed E-state index contributed by atoms with van der Waals surface area (Å²) in [4.78, 5) is 4.94. The molecule has 0 spiro atoms. The van der Waals surface area contributed by atoms with Gasteiger partial charge in [-0.2, -0.15) is 0 Å². The SMILES string of the molecule is CS(=O)(=O)N1CCCC(CN2CCCN(CCN)CC2)C1. The van der Waals surface area contributed by atoms with Crippen LogP contribution >= 0.6 is 0 Å². The molecule has 2 aliphatic rings. The van der Waals surface area contributed by atoms with Crippen LogP contribution in [0.15, 0.2) is 0 Å². The summed E-state index contributed by atoms with van der Waals surface area (Å²) in [5.41, 5.74) is 5.63. The van der Waals surface area contributed by atoms with Gasteiger partial charge in [0.1, 0.15) is 0 Å². The smallest absolute Gasteiger partial charge is 0.211 e. The topological polar surface area (TPSA) is 69.9 Å². The van der Waals surface area contributed by atoms with Crippen molar-refractivity contribution in [3.63, 3.8) is 0 Å². The van der Waals surface area contributed by atoms with Crippen LogP contribution in [0.5, 0.6) is 0 Å². The molecule has 2 N–H and O–H groups in total. The minimum absolute atomic E-state index is 0.481. The maximum atomic E-state index is 11.7. The first kappa shape index (κ1) is 17.1. The van der Waals surface area contributed by atoms with Crippen molar-refractivity contribution in [3.8, 4) is 0 Å². The molecular formula is C14H30N4O2S. The van der Waals surface area contributed by atoms with Gasteiger partial charge < -0.3 is 15.5 Å². The number of piperidine rings is 1. The van der Waals surface area contributed by atoms with Gasteiger partial charge in [-0.25, -0.2) is 12.7 Å². The first-order valence-electron chi connectivity index (χ1n) is 8.09. The second-order valence-corrected chi connectivity index (χ2v) is 8.40. The van der Waals surface area contributed by atoms with Crippen molar-refractivity contribution in [2.75, 3.05) is 65.2 Å². The molecule has 0 saturated carbocycles. The van der Waals surface area contributed by atoms with Crippen LogP contribution in [0.2, 0.25) is 0 Å². The molecule has 124 valence electrons. The van der Waals surface area contributed by atoms with Gasteiger partial charge in [0, 0.05) is 45.8 Å². The van der Waals surface area contributed by atoms with Crippen LogP contribution in [-0.4, -0.2) is 87.7 Å². The molecule has 2 saturated heterocycles. The minimum Gasteiger partial charge on any atom is -0.329 e. The molecule has 2 fully saturated rings. The fraction of sp³-hybridized carbons (Fsp3) is 1.00. The Balaban J connectivity index is 1.81. The van der Waals surface area contributed by atoms with Gasteiger partial charge in [0.05, 0.1) is 6.26 Å². The van der Waals surface area contributed by atoms with Crippen molar-refractivity contribution in [3.05, 3.63) is 0 Å². The number of hydrogen-bond donors (Lipinski definition) is 1. The van der Waals surface area contributed by atoms with Gasteiger partial charge in [0.15, 0.2) is 0 Å². The van der Waals surface area contributed by atoms with Crippen LogP contribution < -0.4 is 5.73 Å². The second-order valence-electron chi connectivity index (χ2n) is 6.41. The van der Waals surface area contributed by atoms with E-state index in [4.69, 9.17) is 5.73 Å².